The summed E-state index contributed by atoms with van der Waals surface area (Å²) < 4.78 is 1.74. The van der Waals surface area contributed by atoms with Gasteiger partial charge in [-0.1, -0.05) is 26.0 Å². The zero-order chi connectivity index (χ0) is 15.0. The van der Waals surface area contributed by atoms with E-state index in [1.807, 2.05) is 39.8 Å². The molecule has 0 fully saturated rings. The van der Waals surface area contributed by atoms with E-state index in [1.165, 1.54) is 6.07 Å². The third-order valence-electron chi connectivity index (χ3n) is 3.46. The van der Waals surface area contributed by atoms with Crippen LogP contribution < -0.4 is 5.43 Å². The molecule has 0 amide bonds. The Hall–Kier alpha value is -2.10. The normalized spacial score (nSPS) is 11.5. The van der Waals surface area contributed by atoms with Gasteiger partial charge in [-0.15, -0.1) is 0 Å². The number of aromatic carboxylic acids is 1. The highest BCUT2D eigenvalue weighted by molar-refractivity contribution is 5.92. The first-order valence-electron chi connectivity index (χ1n) is 6.76. The molecule has 0 aliphatic heterocycles. The molecule has 2 aromatic rings. The van der Waals surface area contributed by atoms with E-state index >= 15 is 0 Å². The number of hydrogen-bond acceptors (Lipinski definition) is 2. The Morgan fingerprint density at radius 3 is 2.35 bits per heavy atom. The minimum absolute atomic E-state index is 0.0379. The average Bonchev–Trinajstić information content (AvgIpc) is 2.37. The number of pyridine rings is 1. The molecule has 1 heterocycles. The van der Waals surface area contributed by atoms with Crippen LogP contribution in [0.2, 0.25) is 0 Å². The van der Waals surface area contributed by atoms with Gasteiger partial charge in [0, 0.05) is 17.5 Å². The molecule has 1 aromatic heterocycles. The molecular formula is C16H19NO3. The van der Waals surface area contributed by atoms with E-state index in [0.29, 0.717) is 5.39 Å². The summed E-state index contributed by atoms with van der Waals surface area (Å²) in [7, 11) is 0. The van der Waals surface area contributed by atoms with Crippen LogP contribution in [0.25, 0.3) is 10.9 Å². The largest absolute Gasteiger partial charge is 0.477 e. The Bertz CT molecular complexity index is 726. The highest BCUT2D eigenvalue weighted by Crippen LogP contribution is 2.27. The number of rotatable bonds is 3. The van der Waals surface area contributed by atoms with Crippen molar-refractivity contribution in [3.63, 3.8) is 0 Å². The Morgan fingerprint density at radius 2 is 1.85 bits per heavy atom. The van der Waals surface area contributed by atoms with E-state index in [1.54, 1.807) is 10.6 Å². The SMILES string of the molecule is CC(C)c1cccc2c(=O)cc(C(=O)O)n(C(C)C)c12. The van der Waals surface area contributed by atoms with Gasteiger partial charge in [-0.05, 0) is 31.4 Å². The monoisotopic (exact) mass is 273 g/mol. The predicted octanol–water partition coefficient (Wildman–Crippen LogP) is 3.40. The van der Waals surface area contributed by atoms with Gasteiger partial charge in [0.1, 0.15) is 5.69 Å². The molecule has 0 bridgehead atoms. The summed E-state index contributed by atoms with van der Waals surface area (Å²) in [6, 6.07) is 6.74. The second kappa shape index (κ2) is 5.12. The van der Waals surface area contributed by atoms with E-state index in [-0.39, 0.29) is 23.1 Å². The van der Waals surface area contributed by atoms with Crippen LogP contribution >= 0.6 is 0 Å². The number of fused-ring (bicyclic) bond motifs is 1. The molecular weight excluding hydrogens is 254 g/mol. The molecule has 2 rings (SSSR count). The van der Waals surface area contributed by atoms with Crippen LogP contribution in [0.15, 0.2) is 29.1 Å². The van der Waals surface area contributed by atoms with Gasteiger partial charge in [0.2, 0.25) is 0 Å². The van der Waals surface area contributed by atoms with Crippen molar-refractivity contribution in [3.8, 4) is 0 Å². The molecule has 1 N–H and O–H groups in total. The van der Waals surface area contributed by atoms with E-state index in [9.17, 15) is 14.7 Å². The number of para-hydroxylation sites is 1. The molecule has 0 unspecified atom stereocenters. The van der Waals surface area contributed by atoms with Crippen LogP contribution in [0, 0.1) is 0 Å². The lowest BCUT2D eigenvalue weighted by Gasteiger charge is -2.21. The van der Waals surface area contributed by atoms with Crippen LogP contribution in [0.4, 0.5) is 0 Å². The predicted molar refractivity (Wildman–Crippen MR) is 79.6 cm³/mol. The minimum atomic E-state index is -1.07. The van der Waals surface area contributed by atoms with Gasteiger partial charge in [-0.25, -0.2) is 4.79 Å². The van der Waals surface area contributed by atoms with Gasteiger partial charge in [0.15, 0.2) is 5.43 Å². The van der Waals surface area contributed by atoms with Crippen molar-refractivity contribution in [2.75, 3.05) is 0 Å². The molecule has 0 spiro atoms. The third-order valence-corrected chi connectivity index (χ3v) is 3.46. The second-order valence-corrected chi connectivity index (χ2v) is 5.56. The summed E-state index contributed by atoms with van der Waals surface area (Å²) in [5, 5.41) is 9.95. The lowest BCUT2D eigenvalue weighted by Crippen LogP contribution is -2.20. The van der Waals surface area contributed by atoms with Gasteiger partial charge in [-0.2, -0.15) is 0 Å². The molecule has 1 aromatic carbocycles. The summed E-state index contributed by atoms with van der Waals surface area (Å²) in [5.74, 6) is -0.858. The number of aromatic nitrogens is 1. The first-order valence-corrected chi connectivity index (χ1v) is 6.76. The summed E-state index contributed by atoms with van der Waals surface area (Å²) >= 11 is 0. The zero-order valence-corrected chi connectivity index (χ0v) is 12.2. The number of carboxylic acids is 1. The molecule has 20 heavy (non-hydrogen) atoms. The fourth-order valence-electron chi connectivity index (χ4n) is 2.59. The van der Waals surface area contributed by atoms with Crippen LogP contribution in [-0.4, -0.2) is 15.6 Å². The van der Waals surface area contributed by atoms with Crippen molar-refractivity contribution >= 4 is 16.9 Å². The van der Waals surface area contributed by atoms with Crippen LogP contribution in [-0.2, 0) is 0 Å². The van der Waals surface area contributed by atoms with Crippen molar-refractivity contribution in [2.45, 2.75) is 39.7 Å². The maximum Gasteiger partial charge on any atom is 0.352 e. The lowest BCUT2D eigenvalue weighted by atomic mass is 9.98. The third kappa shape index (κ3) is 2.22. The molecule has 0 saturated heterocycles. The van der Waals surface area contributed by atoms with Crippen molar-refractivity contribution in [1.29, 1.82) is 0 Å². The topological polar surface area (TPSA) is 59.3 Å². The first kappa shape index (κ1) is 14.3. The fraction of sp³-hybridized carbons (Fsp3) is 0.375. The fourth-order valence-corrected chi connectivity index (χ4v) is 2.59. The Morgan fingerprint density at radius 1 is 1.20 bits per heavy atom. The van der Waals surface area contributed by atoms with Gasteiger partial charge in [0.05, 0.1) is 5.52 Å². The van der Waals surface area contributed by atoms with Gasteiger partial charge < -0.3 is 9.67 Å². The van der Waals surface area contributed by atoms with E-state index in [4.69, 9.17) is 0 Å². The van der Waals surface area contributed by atoms with Crippen molar-refractivity contribution < 1.29 is 9.90 Å². The lowest BCUT2D eigenvalue weighted by molar-refractivity contribution is 0.0683. The second-order valence-electron chi connectivity index (χ2n) is 5.56. The van der Waals surface area contributed by atoms with Crippen LogP contribution in [0.1, 0.15) is 55.7 Å². The highest BCUT2D eigenvalue weighted by Gasteiger charge is 2.19. The quantitative estimate of drug-likeness (QED) is 0.932. The number of hydrogen-bond donors (Lipinski definition) is 1. The highest BCUT2D eigenvalue weighted by atomic mass is 16.4. The molecule has 0 aliphatic carbocycles. The van der Waals surface area contributed by atoms with Crippen molar-refractivity contribution in [2.24, 2.45) is 0 Å². The van der Waals surface area contributed by atoms with Gasteiger partial charge in [0.25, 0.3) is 0 Å². The Balaban J connectivity index is 3.07. The zero-order valence-electron chi connectivity index (χ0n) is 12.2. The first-order chi connectivity index (χ1) is 9.34. The number of carboxylic acid groups (broad SMARTS) is 1. The summed E-state index contributed by atoms with van der Waals surface area (Å²) in [6.07, 6.45) is 0. The molecule has 106 valence electrons. The van der Waals surface area contributed by atoms with Crippen LogP contribution in [0.3, 0.4) is 0 Å². The Labute approximate surface area is 117 Å². The summed E-state index contributed by atoms with van der Waals surface area (Å²) in [5.41, 5.74) is 1.54. The molecule has 0 saturated carbocycles. The molecule has 0 aliphatic rings. The van der Waals surface area contributed by atoms with E-state index in [0.717, 1.165) is 11.1 Å². The molecule has 0 atom stereocenters. The number of benzene rings is 1. The standard InChI is InChI=1S/C16H19NO3/c1-9(2)11-6-5-7-12-14(18)8-13(16(19)20)17(10(3)4)15(11)12/h5-10H,1-4H3,(H,19,20). The van der Waals surface area contributed by atoms with Gasteiger partial charge >= 0.3 is 5.97 Å². The number of nitrogens with zero attached hydrogens (tertiary/aromatic N) is 1. The van der Waals surface area contributed by atoms with E-state index < -0.39 is 5.97 Å². The van der Waals surface area contributed by atoms with Gasteiger partial charge in [-0.3, -0.25) is 4.79 Å². The van der Waals surface area contributed by atoms with Crippen molar-refractivity contribution in [1.82, 2.24) is 4.57 Å². The van der Waals surface area contributed by atoms with Crippen LogP contribution in [0.5, 0.6) is 0 Å². The van der Waals surface area contributed by atoms with E-state index in [2.05, 4.69) is 0 Å². The molecule has 0 radical (unpaired) electrons. The smallest absolute Gasteiger partial charge is 0.352 e. The minimum Gasteiger partial charge on any atom is -0.477 e. The summed E-state index contributed by atoms with van der Waals surface area (Å²) in [4.78, 5) is 23.6. The Kier molecular flexibility index (Phi) is 3.66. The maximum atomic E-state index is 12.2. The average molecular weight is 273 g/mol. The molecule has 4 heteroatoms. The number of carbonyl (C=O) groups is 1. The molecule has 4 nitrogen and oxygen atoms in total. The van der Waals surface area contributed by atoms with Crippen molar-refractivity contribution in [3.05, 3.63) is 45.7 Å². The summed E-state index contributed by atoms with van der Waals surface area (Å²) in [6.45, 7) is 7.93. The maximum absolute atomic E-state index is 12.2.